The fraction of sp³-hybridized carbons (Fsp3) is 0.333. The van der Waals surface area contributed by atoms with Gasteiger partial charge < -0.3 is 19.5 Å². The summed E-state index contributed by atoms with van der Waals surface area (Å²) in [6.45, 7) is 1.19. The van der Waals surface area contributed by atoms with Crippen LogP contribution >= 0.6 is 11.6 Å². The van der Waals surface area contributed by atoms with Crippen molar-refractivity contribution in [3.05, 3.63) is 64.7 Å². The summed E-state index contributed by atoms with van der Waals surface area (Å²) in [6.07, 6.45) is 2.20. The summed E-state index contributed by atoms with van der Waals surface area (Å²) in [7, 11) is 0. The van der Waals surface area contributed by atoms with E-state index in [9.17, 15) is 9.59 Å². The Labute approximate surface area is 168 Å². The number of benzene rings is 2. The minimum Gasteiger partial charge on any atom is -0.491 e. The number of ether oxygens (including phenoxy) is 3. The SMILES string of the molecule is O=C(COC(=O)c1ccc(OC[C@H]2CCCO2)cc1)NCc1ccccc1Cl. The van der Waals surface area contributed by atoms with Gasteiger partial charge in [-0.3, -0.25) is 4.79 Å². The van der Waals surface area contributed by atoms with Crippen LogP contribution in [0.2, 0.25) is 5.02 Å². The lowest BCUT2D eigenvalue weighted by Gasteiger charge is -2.11. The third-order valence-corrected chi connectivity index (χ3v) is 4.69. The van der Waals surface area contributed by atoms with Gasteiger partial charge in [0, 0.05) is 18.2 Å². The highest BCUT2D eigenvalue weighted by Crippen LogP contribution is 2.17. The zero-order chi connectivity index (χ0) is 19.8. The fourth-order valence-electron chi connectivity index (χ4n) is 2.75. The van der Waals surface area contributed by atoms with E-state index in [2.05, 4.69) is 5.32 Å². The first-order chi connectivity index (χ1) is 13.6. The Kier molecular flexibility index (Phi) is 7.28. The minimum atomic E-state index is -0.571. The molecule has 0 saturated carbocycles. The summed E-state index contributed by atoms with van der Waals surface area (Å²) in [4.78, 5) is 23.9. The van der Waals surface area contributed by atoms with Crippen LogP contribution in [0.3, 0.4) is 0 Å². The van der Waals surface area contributed by atoms with E-state index in [1.807, 2.05) is 18.2 Å². The van der Waals surface area contributed by atoms with Gasteiger partial charge in [-0.2, -0.15) is 0 Å². The maximum Gasteiger partial charge on any atom is 0.338 e. The molecule has 0 spiro atoms. The summed E-state index contributed by atoms with van der Waals surface area (Å²) in [5, 5.41) is 3.24. The number of carbonyl (C=O) groups is 2. The zero-order valence-electron chi connectivity index (χ0n) is 15.4. The number of hydrogen-bond acceptors (Lipinski definition) is 5. The van der Waals surface area contributed by atoms with Crippen LogP contribution in [-0.2, 0) is 20.8 Å². The van der Waals surface area contributed by atoms with Gasteiger partial charge in [0.2, 0.25) is 0 Å². The normalized spacial score (nSPS) is 15.8. The fourth-order valence-corrected chi connectivity index (χ4v) is 2.96. The van der Waals surface area contributed by atoms with E-state index in [-0.39, 0.29) is 19.3 Å². The van der Waals surface area contributed by atoms with Crippen molar-refractivity contribution >= 4 is 23.5 Å². The van der Waals surface area contributed by atoms with Gasteiger partial charge in [0.05, 0.1) is 11.7 Å². The van der Waals surface area contributed by atoms with Gasteiger partial charge in [-0.05, 0) is 48.7 Å². The molecule has 1 fully saturated rings. The molecule has 28 heavy (non-hydrogen) atoms. The van der Waals surface area contributed by atoms with Crippen LogP contribution in [0.5, 0.6) is 5.75 Å². The van der Waals surface area contributed by atoms with Gasteiger partial charge in [0.15, 0.2) is 6.61 Å². The van der Waals surface area contributed by atoms with Crippen LogP contribution in [0.15, 0.2) is 48.5 Å². The number of halogens is 1. The molecule has 1 amide bonds. The standard InChI is InChI=1S/C21H22ClNO5/c22-19-6-2-1-4-16(19)12-23-20(24)14-28-21(25)15-7-9-17(10-8-15)27-13-18-5-3-11-26-18/h1-2,4,6-10,18H,3,5,11-14H2,(H,23,24)/t18-/m1/s1. The van der Waals surface area contributed by atoms with E-state index in [0.29, 0.717) is 22.9 Å². The Morgan fingerprint density at radius 3 is 2.64 bits per heavy atom. The number of hydrogen-bond donors (Lipinski definition) is 1. The first-order valence-electron chi connectivity index (χ1n) is 9.13. The number of nitrogens with one attached hydrogen (secondary N) is 1. The molecule has 148 valence electrons. The molecule has 1 aliphatic heterocycles. The van der Waals surface area contributed by atoms with E-state index in [1.54, 1.807) is 30.3 Å². The predicted molar refractivity (Wildman–Crippen MR) is 104 cm³/mol. The van der Waals surface area contributed by atoms with Crippen LogP contribution in [0.4, 0.5) is 0 Å². The third kappa shape index (κ3) is 5.97. The lowest BCUT2D eigenvalue weighted by atomic mass is 10.2. The molecule has 0 radical (unpaired) electrons. The summed E-state index contributed by atoms with van der Waals surface area (Å²) in [5.74, 6) is -0.312. The maximum absolute atomic E-state index is 12.1. The average molecular weight is 404 g/mol. The number of rotatable bonds is 8. The molecule has 0 aliphatic carbocycles. The molecule has 7 heteroatoms. The number of amides is 1. The summed E-state index contributed by atoms with van der Waals surface area (Å²) in [5.41, 5.74) is 1.14. The monoisotopic (exact) mass is 403 g/mol. The molecule has 0 aromatic heterocycles. The molecule has 1 heterocycles. The van der Waals surface area contributed by atoms with Crippen molar-refractivity contribution in [1.82, 2.24) is 5.32 Å². The molecule has 0 unspecified atom stereocenters. The molecule has 1 atom stereocenters. The highest BCUT2D eigenvalue weighted by atomic mass is 35.5. The van der Waals surface area contributed by atoms with Crippen LogP contribution in [0.1, 0.15) is 28.8 Å². The van der Waals surface area contributed by atoms with Crippen molar-refractivity contribution in [2.75, 3.05) is 19.8 Å². The Balaban J connectivity index is 1.40. The van der Waals surface area contributed by atoms with Crippen LogP contribution in [-0.4, -0.2) is 37.8 Å². The Hall–Kier alpha value is -2.57. The maximum atomic E-state index is 12.1. The largest absolute Gasteiger partial charge is 0.491 e. The second kappa shape index (κ2) is 10.1. The van der Waals surface area contributed by atoms with E-state index >= 15 is 0 Å². The van der Waals surface area contributed by atoms with E-state index < -0.39 is 11.9 Å². The Morgan fingerprint density at radius 2 is 1.93 bits per heavy atom. The van der Waals surface area contributed by atoms with E-state index in [1.165, 1.54) is 0 Å². The summed E-state index contributed by atoms with van der Waals surface area (Å²) < 4.78 is 16.2. The smallest absolute Gasteiger partial charge is 0.338 e. The lowest BCUT2D eigenvalue weighted by Crippen LogP contribution is -2.28. The Morgan fingerprint density at radius 1 is 1.14 bits per heavy atom. The number of carbonyl (C=O) groups excluding carboxylic acids is 2. The molecule has 1 N–H and O–H groups in total. The first kappa shape index (κ1) is 20.2. The highest BCUT2D eigenvalue weighted by Gasteiger charge is 2.16. The van der Waals surface area contributed by atoms with Crippen LogP contribution in [0.25, 0.3) is 0 Å². The third-order valence-electron chi connectivity index (χ3n) is 4.32. The second-order valence-corrected chi connectivity index (χ2v) is 6.82. The van der Waals surface area contributed by atoms with Crippen molar-refractivity contribution in [1.29, 1.82) is 0 Å². The second-order valence-electron chi connectivity index (χ2n) is 6.41. The molecule has 2 aromatic rings. The van der Waals surface area contributed by atoms with E-state index in [0.717, 1.165) is 25.0 Å². The van der Waals surface area contributed by atoms with E-state index in [4.69, 9.17) is 25.8 Å². The molecule has 2 aromatic carbocycles. The zero-order valence-corrected chi connectivity index (χ0v) is 16.1. The molecule has 0 bridgehead atoms. The van der Waals surface area contributed by atoms with Gasteiger partial charge in [0.25, 0.3) is 5.91 Å². The predicted octanol–water partition coefficient (Wildman–Crippen LogP) is 3.37. The molecular formula is C21H22ClNO5. The van der Waals surface area contributed by atoms with Gasteiger partial charge in [-0.25, -0.2) is 4.79 Å². The summed E-state index contributed by atoms with van der Waals surface area (Å²) >= 11 is 6.03. The Bertz CT molecular complexity index is 803. The van der Waals surface area contributed by atoms with Crippen molar-refractivity contribution in [2.45, 2.75) is 25.5 Å². The van der Waals surface area contributed by atoms with Crippen molar-refractivity contribution < 1.29 is 23.8 Å². The van der Waals surface area contributed by atoms with Crippen LogP contribution < -0.4 is 10.1 Å². The quantitative estimate of drug-likeness (QED) is 0.684. The van der Waals surface area contributed by atoms with Crippen molar-refractivity contribution in [3.63, 3.8) is 0 Å². The van der Waals surface area contributed by atoms with Crippen molar-refractivity contribution in [2.24, 2.45) is 0 Å². The first-order valence-corrected chi connectivity index (χ1v) is 9.51. The molecular weight excluding hydrogens is 382 g/mol. The molecule has 6 nitrogen and oxygen atoms in total. The minimum absolute atomic E-state index is 0.133. The van der Waals surface area contributed by atoms with Gasteiger partial charge in [0.1, 0.15) is 12.4 Å². The van der Waals surface area contributed by atoms with Gasteiger partial charge in [-0.1, -0.05) is 29.8 Å². The average Bonchev–Trinajstić information content (AvgIpc) is 3.24. The summed E-state index contributed by atoms with van der Waals surface area (Å²) in [6, 6.07) is 13.8. The number of esters is 1. The topological polar surface area (TPSA) is 73.9 Å². The highest BCUT2D eigenvalue weighted by molar-refractivity contribution is 6.31. The van der Waals surface area contributed by atoms with Crippen molar-refractivity contribution in [3.8, 4) is 5.75 Å². The molecule has 1 aliphatic rings. The van der Waals surface area contributed by atoms with Gasteiger partial charge >= 0.3 is 5.97 Å². The van der Waals surface area contributed by atoms with Gasteiger partial charge in [-0.15, -0.1) is 0 Å². The lowest BCUT2D eigenvalue weighted by molar-refractivity contribution is -0.124. The van der Waals surface area contributed by atoms with Crippen LogP contribution in [0, 0.1) is 0 Å². The molecule has 1 saturated heterocycles. The molecule has 3 rings (SSSR count).